The number of hydrogen-bond donors (Lipinski definition) is 1. The van der Waals surface area contributed by atoms with Crippen molar-refractivity contribution in [3.63, 3.8) is 0 Å². The highest BCUT2D eigenvalue weighted by atomic mass is 32.1. The number of nitrogens with one attached hydrogen (secondary N) is 1. The van der Waals surface area contributed by atoms with Crippen LogP contribution in [-0.2, 0) is 16.1 Å². The number of pyridine rings is 1. The molecule has 5 nitrogen and oxygen atoms in total. The van der Waals surface area contributed by atoms with Gasteiger partial charge in [-0.05, 0) is 29.8 Å². The molecule has 0 radical (unpaired) electrons. The number of carbonyl (C=O) groups excluding carboxylic acids is 1. The number of methoxy groups -OCH3 is 1. The predicted molar refractivity (Wildman–Crippen MR) is 96.7 cm³/mol. The second kappa shape index (κ2) is 9.42. The van der Waals surface area contributed by atoms with Crippen LogP contribution < -0.4 is 10.1 Å². The first-order valence-corrected chi connectivity index (χ1v) is 7.73. The molecule has 0 aliphatic rings. The maximum atomic E-state index is 11.2. The number of para-hydroxylation sites is 1. The number of rotatable bonds is 7. The van der Waals surface area contributed by atoms with E-state index in [1.165, 1.54) is 7.11 Å². The molecule has 0 amide bonds. The molecule has 0 spiro atoms. The van der Waals surface area contributed by atoms with Crippen molar-refractivity contribution in [1.29, 1.82) is 0 Å². The largest absolute Gasteiger partial charge is 0.481 e. The standard InChI is InChI=1S/C18H18N2O3S/c1-22-18(21)13-23-16-7-3-2-6-15(16)8-9-17(24)20-12-14-5-4-10-19-11-14/h2-11H,12-13H2,1H3,(H,20,24). The summed E-state index contributed by atoms with van der Waals surface area (Å²) in [5.41, 5.74) is 1.88. The Labute approximate surface area is 146 Å². The Morgan fingerprint density at radius 3 is 2.88 bits per heavy atom. The van der Waals surface area contributed by atoms with E-state index < -0.39 is 5.97 Å². The zero-order valence-corrected chi connectivity index (χ0v) is 14.1. The fraction of sp³-hybridized carbons (Fsp3) is 0.167. The summed E-state index contributed by atoms with van der Waals surface area (Å²) in [5, 5.41) is 3.14. The number of benzene rings is 1. The SMILES string of the molecule is COC(=O)COc1ccccc1C=CC(=S)NCc1cccnc1. The lowest BCUT2D eigenvalue weighted by Crippen LogP contribution is -2.18. The maximum absolute atomic E-state index is 11.2. The van der Waals surface area contributed by atoms with Crippen molar-refractivity contribution in [2.45, 2.75) is 6.54 Å². The summed E-state index contributed by atoms with van der Waals surface area (Å²) in [4.78, 5) is 15.8. The molecule has 124 valence electrons. The third-order valence-electron chi connectivity index (χ3n) is 3.10. The Balaban J connectivity index is 1.93. The number of carbonyl (C=O) groups is 1. The van der Waals surface area contributed by atoms with E-state index in [9.17, 15) is 4.79 Å². The van der Waals surface area contributed by atoms with Crippen molar-refractivity contribution in [2.75, 3.05) is 13.7 Å². The zero-order chi connectivity index (χ0) is 17.2. The van der Waals surface area contributed by atoms with Crippen LogP contribution in [0.15, 0.2) is 54.9 Å². The average molecular weight is 342 g/mol. The van der Waals surface area contributed by atoms with Gasteiger partial charge in [0, 0.05) is 24.5 Å². The fourth-order valence-electron chi connectivity index (χ4n) is 1.86. The highest BCUT2D eigenvalue weighted by Gasteiger charge is 2.04. The van der Waals surface area contributed by atoms with Gasteiger partial charge in [0.1, 0.15) is 5.75 Å². The quantitative estimate of drug-likeness (QED) is 0.474. The van der Waals surface area contributed by atoms with Gasteiger partial charge in [0.15, 0.2) is 6.61 Å². The molecule has 0 saturated carbocycles. The molecule has 0 fully saturated rings. The van der Waals surface area contributed by atoms with Crippen molar-refractivity contribution in [3.8, 4) is 5.75 Å². The molecule has 0 unspecified atom stereocenters. The monoisotopic (exact) mass is 342 g/mol. The summed E-state index contributed by atoms with van der Waals surface area (Å²) in [6.07, 6.45) is 7.14. The smallest absolute Gasteiger partial charge is 0.343 e. The van der Waals surface area contributed by atoms with Crippen LogP contribution in [0.25, 0.3) is 6.08 Å². The molecule has 0 bridgehead atoms. The van der Waals surface area contributed by atoms with Gasteiger partial charge in [-0.2, -0.15) is 0 Å². The minimum Gasteiger partial charge on any atom is -0.481 e. The molecule has 0 aliphatic carbocycles. The normalized spacial score (nSPS) is 10.4. The molecule has 1 N–H and O–H groups in total. The van der Waals surface area contributed by atoms with Gasteiger partial charge in [-0.3, -0.25) is 4.98 Å². The lowest BCUT2D eigenvalue weighted by atomic mass is 10.2. The lowest BCUT2D eigenvalue weighted by molar-refractivity contribution is -0.142. The lowest BCUT2D eigenvalue weighted by Gasteiger charge is -2.08. The number of aromatic nitrogens is 1. The van der Waals surface area contributed by atoms with Crippen LogP contribution in [0.2, 0.25) is 0 Å². The number of thiocarbonyl (C=S) groups is 1. The van der Waals surface area contributed by atoms with Gasteiger partial charge in [-0.25, -0.2) is 4.79 Å². The average Bonchev–Trinajstić information content (AvgIpc) is 2.64. The van der Waals surface area contributed by atoms with Crippen molar-refractivity contribution < 1.29 is 14.3 Å². The molecular formula is C18H18N2O3S. The van der Waals surface area contributed by atoms with Crippen LogP contribution >= 0.6 is 12.2 Å². The Bertz CT molecular complexity index is 717. The fourth-order valence-corrected chi connectivity index (χ4v) is 2.00. The van der Waals surface area contributed by atoms with E-state index in [0.717, 1.165) is 11.1 Å². The van der Waals surface area contributed by atoms with Crippen LogP contribution in [-0.4, -0.2) is 29.7 Å². The number of esters is 1. The van der Waals surface area contributed by atoms with Crippen LogP contribution in [0.5, 0.6) is 5.75 Å². The highest BCUT2D eigenvalue weighted by Crippen LogP contribution is 2.19. The molecule has 0 aliphatic heterocycles. The van der Waals surface area contributed by atoms with Crippen LogP contribution in [0.4, 0.5) is 0 Å². The molecule has 0 atom stereocenters. The topological polar surface area (TPSA) is 60.5 Å². The Hall–Kier alpha value is -2.73. The number of ether oxygens (including phenoxy) is 2. The maximum Gasteiger partial charge on any atom is 0.343 e. The van der Waals surface area contributed by atoms with E-state index >= 15 is 0 Å². The summed E-state index contributed by atoms with van der Waals surface area (Å²) in [6.45, 7) is 0.475. The second-order valence-corrected chi connectivity index (χ2v) is 5.25. The second-order valence-electron chi connectivity index (χ2n) is 4.82. The summed E-state index contributed by atoms with van der Waals surface area (Å²) in [7, 11) is 1.32. The summed E-state index contributed by atoms with van der Waals surface area (Å²) in [6, 6.07) is 11.2. The molecule has 2 rings (SSSR count). The summed E-state index contributed by atoms with van der Waals surface area (Å²) in [5.74, 6) is 0.164. The van der Waals surface area contributed by atoms with E-state index in [1.54, 1.807) is 24.5 Å². The highest BCUT2D eigenvalue weighted by molar-refractivity contribution is 7.80. The van der Waals surface area contributed by atoms with Crippen LogP contribution in [0.3, 0.4) is 0 Å². The first-order chi connectivity index (χ1) is 11.7. The third-order valence-corrected chi connectivity index (χ3v) is 3.38. The van der Waals surface area contributed by atoms with Crippen molar-refractivity contribution in [1.82, 2.24) is 10.3 Å². The van der Waals surface area contributed by atoms with E-state index in [0.29, 0.717) is 17.3 Å². The van der Waals surface area contributed by atoms with Gasteiger partial charge in [0.2, 0.25) is 0 Å². The van der Waals surface area contributed by atoms with Gasteiger partial charge in [-0.15, -0.1) is 0 Å². The van der Waals surface area contributed by atoms with E-state index in [-0.39, 0.29) is 6.61 Å². The van der Waals surface area contributed by atoms with Gasteiger partial charge >= 0.3 is 5.97 Å². The molecule has 24 heavy (non-hydrogen) atoms. The molecule has 1 heterocycles. The molecule has 1 aromatic carbocycles. The van der Waals surface area contributed by atoms with E-state index in [4.69, 9.17) is 17.0 Å². The van der Waals surface area contributed by atoms with Crippen molar-refractivity contribution in [3.05, 3.63) is 66.0 Å². The van der Waals surface area contributed by atoms with Gasteiger partial charge in [0.25, 0.3) is 0 Å². The Kier molecular flexibility index (Phi) is 6.91. The summed E-state index contributed by atoms with van der Waals surface area (Å²) >= 11 is 5.29. The molecule has 2 aromatic rings. The first-order valence-electron chi connectivity index (χ1n) is 7.32. The van der Waals surface area contributed by atoms with Crippen molar-refractivity contribution >= 4 is 29.3 Å². The molecule has 0 saturated heterocycles. The Morgan fingerprint density at radius 1 is 1.29 bits per heavy atom. The minimum atomic E-state index is -0.428. The summed E-state index contributed by atoms with van der Waals surface area (Å²) < 4.78 is 10.0. The zero-order valence-electron chi connectivity index (χ0n) is 13.3. The van der Waals surface area contributed by atoms with Crippen LogP contribution in [0, 0.1) is 0 Å². The predicted octanol–water partition coefficient (Wildman–Crippen LogP) is 2.76. The first kappa shape index (κ1) is 17.6. The van der Waals surface area contributed by atoms with Gasteiger partial charge in [0.05, 0.1) is 12.1 Å². The molecule has 1 aromatic heterocycles. The number of nitrogens with zero attached hydrogens (tertiary/aromatic N) is 1. The van der Waals surface area contributed by atoms with E-state index in [2.05, 4.69) is 15.0 Å². The molecule has 6 heteroatoms. The Morgan fingerprint density at radius 2 is 2.12 bits per heavy atom. The van der Waals surface area contributed by atoms with Crippen molar-refractivity contribution in [2.24, 2.45) is 0 Å². The number of hydrogen-bond acceptors (Lipinski definition) is 5. The van der Waals surface area contributed by atoms with Gasteiger partial charge in [-0.1, -0.05) is 36.5 Å². The van der Waals surface area contributed by atoms with Crippen LogP contribution in [0.1, 0.15) is 11.1 Å². The molecular weight excluding hydrogens is 324 g/mol. The van der Waals surface area contributed by atoms with Gasteiger partial charge < -0.3 is 14.8 Å². The van der Waals surface area contributed by atoms with E-state index in [1.807, 2.05) is 36.4 Å². The minimum absolute atomic E-state index is 0.134. The third kappa shape index (κ3) is 5.81.